The zero-order valence-electron chi connectivity index (χ0n) is 15.6. The smallest absolute Gasteiger partial charge is 0.317 e. The van der Waals surface area contributed by atoms with Gasteiger partial charge < -0.3 is 20.4 Å². The third-order valence-corrected chi connectivity index (χ3v) is 4.35. The topological polar surface area (TPSA) is 108 Å². The van der Waals surface area contributed by atoms with Crippen molar-refractivity contribution in [1.82, 2.24) is 20.2 Å². The Labute approximate surface area is 162 Å². The standard InChI is InChI=1S/C19H22N6O3/c1-14(26)15-4-2-5-16(12-15)23-17(27)13-22-19(28)25-10-8-24(9-11-25)18-20-6-3-7-21-18/h2-7,12H,8-11,13H2,1H3,(H,22,28)(H,23,27). The normalized spacial score (nSPS) is 13.8. The van der Waals surface area contributed by atoms with Crippen LogP contribution in [0.5, 0.6) is 0 Å². The minimum absolute atomic E-state index is 0.0792. The number of urea groups is 1. The second-order valence-corrected chi connectivity index (χ2v) is 6.37. The van der Waals surface area contributed by atoms with Crippen molar-refractivity contribution in [2.75, 3.05) is 42.9 Å². The largest absolute Gasteiger partial charge is 0.337 e. The maximum absolute atomic E-state index is 12.3. The number of carbonyl (C=O) groups excluding carboxylic acids is 3. The first kappa shape index (κ1) is 19.3. The van der Waals surface area contributed by atoms with Gasteiger partial charge in [0.05, 0.1) is 6.54 Å². The Bertz CT molecular complexity index is 850. The lowest BCUT2D eigenvalue weighted by atomic mass is 10.1. The monoisotopic (exact) mass is 382 g/mol. The maximum atomic E-state index is 12.3. The first-order valence-corrected chi connectivity index (χ1v) is 8.98. The van der Waals surface area contributed by atoms with Gasteiger partial charge in [-0.15, -0.1) is 0 Å². The molecule has 2 N–H and O–H groups in total. The number of piperazine rings is 1. The van der Waals surface area contributed by atoms with E-state index in [1.54, 1.807) is 47.6 Å². The summed E-state index contributed by atoms with van der Waals surface area (Å²) in [4.78, 5) is 47.8. The lowest BCUT2D eigenvalue weighted by molar-refractivity contribution is -0.115. The number of aromatic nitrogens is 2. The van der Waals surface area contributed by atoms with E-state index in [1.165, 1.54) is 6.92 Å². The van der Waals surface area contributed by atoms with Crippen LogP contribution >= 0.6 is 0 Å². The molecule has 9 heteroatoms. The predicted molar refractivity (Wildman–Crippen MR) is 104 cm³/mol. The summed E-state index contributed by atoms with van der Waals surface area (Å²) >= 11 is 0. The Morgan fingerprint density at radius 1 is 1.04 bits per heavy atom. The zero-order chi connectivity index (χ0) is 19.9. The molecule has 0 unspecified atom stereocenters. The zero-order valence-corrected chi connectivity index (χ0v) is 15.6. The molecule has 28 heavy (non-hydrogen) atoms. The average molecular weight is 382 g/mol. The number of carbonyl (C=O) groups is 3. The lowest BCUT2D eigenvalue weighted by Gasteiger charge is -2.34. The van der Waals surface area contributed by atoms with Gasteiger partial charge in [-0.05, 0) is 25.1 Å². The molecule has 3 rings (SSSR count). The molecule has 2 aromatic rings. The highest BCUT2D eigenvalue weighted by molar-refractivity contribution is 5.98. The van der Waals surface area contributed by atoms with Crippen molar-refractivity contribution in [3.8, 4) is 0 Å². The number of hydrogen-bond acceptors (Lipinski definition) is 6. The van der Waals surface area contributed by atoms with Crippen molar-refractivity contribution in [3.63, 3.8) is 0 Å². The number of ketones is 1. The van der Waals surface area contributed by atoms with Crippen molar-refractivity contribution in [1.29, 1.82) is 0 Å². The van der Waals surface area contributed by atoms with Crippen LogP contribution in [0, 0.1) is 0 Å². The lowest BCUT2D eigenvalue weighted by Crippen LogP contribution is -2.53. The SMILES string of the molecule is CC(=O)c1cccc(NC(=O)CNC(=O)N2CCN(c3ncccn3)CC2)c1. The van der Waals surface area contributed by atoms with Crippen LogP contribution in [0.2, 0.25) is 0 Å². The molecular weight excluding hydrogens is 360 g/mol. The van der Waals surface area contributed by atoms with Crippen molar-refractivity contribution < 1.29 is 14.4 Å². The number of Topliss-reactive ketones (excluding diaryl/α,β-unsaturated/α-hetero) is 1. The second kappa shape index (κ2) is 8.94. The molecule has 0 bridgehead atoms. The van der Waals surface area contributed by atoms with Gasteiger partial charge in [-0.2, -0.15) is 0 Å². The Hall–Kier alpha value is -3.49. The van der Waals surface area contributed by atoms with Crippen molar-refractivity contribution in [2.45, 2.75) is 6.92 Å². The van der Waals surface area contributed by atoms with E-state index < -0.39 is 0 Å². The number of rotatable bonds is 5. The van der Waals surface area contributed by atoms with Crippen molar-refractivity contribution in [2.24, 2.45) is 0 Å². The molecule has 9 nitrogen and oxygen atoms in total. The van der Waals surface area contributed by atoms with E-state index >= 15 is 0 Å². The molecule has 0 saturated carbocycles. The van der Waals surface area contributed by atoms with E-state index in [-0.39, 0.29) is 24.3 Å². The molecule has 0 atom stereocenters. The van der Waals surface area contributed by atoms with Crippen LogP contribution < -0.4 is 15.5 Å². The number of amides is 3. The molecule has 0 spiro atoms. The van der Waals surface area contributed by atoms with Gasteiger partial charge in [-0.3, -0.25) is 9.59 Å². The molecule has 146 valence electrons. The molecule has 0 radical (unpaired) electrons. The van der Waals surface area contributed by atoms with Gasteiger partial charge in [-0.1, -0.05) is 12.1 Å². The Morgan fingerprint density at radius 2 is 1.75 bits per heavy atom. The first-order valence-electron chi connectivity index (χ1n) is 8.98. The van der Waals surface area contributed by atoms with Gasteiger partial charge in [-0.25, -0.2) is 14.8 Å². The molecule has 1 aromatic heterocycles. The summed E-state index contributed by atoms with van der Waals surface area (Å²) in [6, 6.07) is 8.14. The quantitative estimate of drug-likeness (QED) is 0.751. The van der Waals surface area contributed by atoms with Crippen LogP contribution in [0.1, 0.15) is 17.3 Å². The minimum Gasteiger partial charge on any atom is -0.337 e. The number of nitrogens with one attached hydrogen (secondary N) is 2. The van der Waals surface area contributed by atoms with Crippen LogP contribution in [0.3, 0.4) is 0 Å². The fourth-order valence-corrected chi connectivity index (χ4v) is 2.85. The van der Waals surface area contributed by atoms with Gasteiger partial charge in [0.15, 0.2) is 5.78 Å². The maximum Gasteiger partial charge on any atom is 0.317 e. The van der Waals surface area contributed by atoms with Crippen LogP contribution in [0.25, 0.3) is 0 Å². The third-order valence-electron chi connectivity index (χ3n) is 4.35. The van der Waals surface area contributed by atoms with Gasteiger partial charge in [0, 0.05) is 49.8 Å². The van der Waals surface area contributed by atoms with Gasteiger partial charge >= 0.3 is 6.03 Å². The fraction of sp³-hybridized carbons (Fsp3) is 0.316. The Balaban J connectivity index is 1.44. The molecular formula is C19H22N6O3. The second-order valence-electron chi connectivity index (χ2n) is 6.37. The van der Waals surface area contributed by atoms with Gasteiger partial charge in [0.2, 0.25) is 11.9 Å². The van der Waals surface area contributed by atoms with E-state index in [4.69, 9.17) is 0 Å². The highest BCUT2D eigenvalue weighted by atomic mass is 16.2. The third kappa shape index (κ3) is 5.03. The number of benzene rings is 1. The number of anilines is 2. The van der Waals surface area contributed by atoms with Crippen LogP contribution in [0.4, 0.5) is 16.4 Å². The fourth-order valence-electron chi connectivity index (χ4n) is 2.85. The highest BCUT2D eigenvalue weighted by Gasteiger charge is 2.22. The Kier molecular flexibility index (Phi) is 6.15. The molecule has 3 amide bonds. The molecule has 1 saturated heterocycles. The van der Waals surface area contributed by atoms with Crippen LogP contribution in [-0.2, 0) is 4.79 Å². The molecule has 1 aromatic carbocycles. The van der Waals surface area contributed by atoms with Crippen molar-refractivity contribution in [3.05, 3.63) is 48.3 Å². The van der Waals surface area contributed by atoms with Crippen molar-refractivity contribution >= 4 is 29.4 Å². The molecule has 1 aliphatic heterocycles. The summed E-state index contributed by atoms with van der Waals surface area (Å²) in [6.07, 6.45) is 3.37. The van der Waals surface area contributed by atoms with E-state index in [1.807, 2.05) is 4.90 Å². The average Bonchev–Trinajstić information content (AvgIpc) is 2.73. The van der Waals surface area contributed by atoms with E-state index in [0.717, 1.165) is 0 Å². The summed E-state index contributed by atoms with van der Waals surface area (Å²) in [7, 11) is 0. The summed E-state index contributed by atoms with van der Waals surface area (Å²) in [5.74, 6) is 0.213. The minimum atomic E-state index is -0.356. The molecule has 0 aliphatic carbocycles. The van der Waals surface area contributed by atoms with E-state index in [0.29, 0.717) is 43.4 Å². The van der Waals surface area contributed by atoms with Gasteiger partial charge in [0.1, 0.15) is 0 Å². The molecule has 2 heterocycles. The summed E-state index contributed by atoms with van der Waals surface area (Å²) in [6.45, 7) is 3.61. The van der Waals surface area contributed by atoms with Crippen LogP contribution in [-0.4, -0.2) is 65.3 Å². The first-order chi connectivity index (χ1) is 13.5. The number of nitrogens with zero attached hydrogens (tertiary/aromatic N) is 4. The van der Waals surface area contributed by atoms with Crippen LogP contribution in [0.15, 0.2) is 42.7 Å². The summed E-state index contributed by atoms with van der Waals surface area (Å²) in [5, 5.41) is 5.30. The Morgan fingerprint density at radius 3 is 2.43 bits per heavy atom. The van der Waals surface area contributed by atoms with Gasteiger partial charge in [0.25, 0.3) is 0 Å². The molecule has 1 fully saturated rings. The van der Waals surface area contributed by atoms with E-state index in [9.17, 15) is 14.4 Å². The highest BCUT2D eigenvalue weighted by Crippen LogP contribution is 2.11. The van der Waals surface area contributed by atoms with E-state index in [2.05, 4.69) is 20.6 Å². The summed E-state index contributed by atoms with van der Waals surface area (Å²) in [5.41, 5.74) is 1.03. The predicted octanol–water partition coefficient (Wildman–Crippen LogP) is 1.15. The summed E-state index contributed by atoms with van der Waals surface area (Å²) < 4.78 is 0. The molecule has 1 aliphatic rings. The number of hydrogen-bond donors (Lipinski definition) is 2.